The summed E-state index contributed by atoms with van der Waals surface area (Å²) < 4.78 is 1.44. The van der Waals surface area contributed by atoms with E-state index < -0.39 is 0 Å². The Morgan fingerprint density at radius 1 is 1.33 bits per heavy atom. The number of fused-ring (bicyclic) bond motifs is 1. The summed E-state index contributed by atoms with van der Waals surface area (Å²) in [5.74, 6) is 0. The van der Waals surface area contributed by atoms with Gasteiger partial charge in [0.1, 0.15) is 6.07 Å². The topological polar surface area (TPSA) is 45.8 Å². The molecule has 74 valence electrons. The molecule has 0 saturated heterocycles. The second-order valence-corrected chi connectivity index (χ2v) is 3.62. The smallest absolute Gasteiger partial charge is 0.258 e. The fourth-order valence-electron chi connectivity index (χ4n) is 1.67. The van der Waals surface area contributed by atoms with Crippen molar-refractivity contribution in [3.63, 3.8) is 0 Å². The number of rotatable bonds is 0. The Labute approximate surface area is 87.2 Å². The molecule has 1 aromatic carbocycles. The van der Waals surface area contributed by atoms with Gasteiger partial charge in [-0.3, -0.25) is 4.79 Å². The minimum atomic E-state index is -0.0657. The predicted octanol–water partition coefficient (Wildman–Crippen LogP) is 1.72. The Bertz CT molecular complexity index is 632. The molecule has 0 saturated carbocycles. The van der Waals surface area contributed by atoms with Crippen molar-refractivity contribution in [3.05, 3.63) is 45.9 Å². The minimum absolute atomic E-state index is 0.0657. The van der Waals surface area contributed by atoms with Crippen LogP contribution in [0.15, 0.2) is 29.2 Å². The maximum atomic E-state index is 11.8. The van der Waals surface area contributed by atoms with E-state index in [1.807, 2.05) is 19.1 Å². The van der Waals surface area contributed by atoms with Crippen molar-refractivity contribution >= 4 is 10.8 Å². The summed E-state index contributed by atoms with van der Waals surface area (Å²) in [5.41, 5.74) is 1.52. The van der Waals surface area contributed by atoms with Gasteiger partial charge < -0.3 is 4.57 Å². The van der Waals surface area contributed by atoms with Crippen LogP contribution in [0.25, 0.3) is 10.8 Å². The number of aryl methyl sites for hydroxylation is 2. The lowest BCUT2D eigenvalue weighted by molar-refractivity contribution is 0.870. The van der Waals surface area contributed by atoms with Crippen molar-refractivity contribution in [2.24, 2.45) is 7.05 Å². The van der Waals surface area contributed by atoms with Crippen molar-refractivity contribution in [1.29, 1.82) is 5.26 Å². The first kappa shape index (κ1) is 9.47. The number of benzene rings is 1. The number of hydrogen-bond donors (Lipinski definition) is 0. The third-order valence-corrected chi connectivity index (χ3v) is 2.46. The first-order chi connectivity index (χ1) is 7.13. The van der Waals surface area contributed by atoms with Crippen molar-refractivity contribution in [2.45, 2.75) is 6.92 Å². The second-order valence-electron chi connectivity index (χ2n) is 3.62. The zero-order valence-electron chi connectivity index (χ0n) is 8.61. The first-order valence-corrected chi connectivity index (χ1v) is 4.63. The van der Waals surface area contributed by atoms with Gasteiger partial charge in [-0.25, -0.2) is 0 Å². The lowest BCUT2D eigenvalue weighted by atomic mass is 10.1. The third-order valence-electron chi connectivity index (χ3n) is 2.46. The Balaban J connectivity index is 3.05. The highest BCUT2D eigenvalue weighted by Crippen LogP contribution is 2.16. The normalized spacial score (nSPS) is 10.2. The number of hydrogen-bond acceptors (Lipinski definition) is 2. The fourth-order valence-corrected chi connectivity index (χ4v) is 1.67. The molecule has 2 rings (SSSR count). The summed E-state index contributed by atoms with van der Waals surface area (Å²) >= 11 is 0. The Kier molecular flexibility index (Phi) is 2.05. The molecule has 15 heavy (non-hydrogen) atoms. The van der Waals surface area contributed by atoms with E-state index in [4.69, 9.17) is 5.26 Å². The molecule has 1 aromatic heterocycles. The zero-order valence-corrected chi connectivity index (χ0v) is 8.61. The second kappa shape index (κ2) is 3.25. The van der Waals surface area contributed by atoms with E-state index >= 15 is 0 Å². The van der Waals surface area contributed by atoms with E-state index in [9.17, 15) is 4.79 Å². The van der Waals surface area contributed by atoms with Crippen molar-refractivity contribution in [2.75, 3.05) is 0 Å². The Morgan fingerprint density at radius 2 is 2.07 bits per heavy atom. The lowest BCUT2D eigenvalue weighted by Crippen LogP contribution is -2.16. The minimum Gasteiger partial charge on any atom is -0.317 e. The summed E-state index contributed by atoms with van der Waals surface area (Å²) in [6, 6.07) is 7.63. The average Bonchev–Trinajstić information content (AvgIpc) is 2.23. The molecular weight excluding hydrogens is 188 g/mol. The highest BCUT2D eigenvalue weighted by molar-refractivity contribution is 5.87. The van der Waals surface area contributed by atoms with E-state index in [-0.39, 0.29) is 5.56 Å². The van der Waals surface area contributed by atoms with Crippen LogP contribution in [0.4, 0.5) is 0 Å². The van der Waals surface area contributed by atoms with Crippen molar-refractivity contribution < 1.29 is 0 Å². The summed E-state index contributed by atoms with van der Waals surface area (Å²) in [6.45, 7) is 1.94. The molecular formula is C12H10N2O. The maximum absolute atomic E-state index is 11.8. The van der Waals surface area contributed by atoms with Crippen LogP contribution in [-0.2, 0) is 7.05 Å². The van der Waals surface area contributed by atoms with Gasteiger partial charge in [0.25, 0.3) is 5.56 Å². The van der Waals surface area contributed by atoms with E-state index in [0.29, 0.717) is 10.9 Å². The van der Waals surface area contributed by atoms with Crippen LogP contribution >= 0.6 is 0 Å². The number of nitriles is 1. The molecule has 1 heterocycles. The van der Waals surface area contributed by atoms with Gasteiger partial charge in [-0.15, -0.1) is 0 Å². The van der Waals surface area contributed by atoms with Crippen molar-refractivity contribution in [1.82, 2.24) is 4.57 Å². The van der Waals surface area contributed by atoms with Crippen molar-refractivity contribution in [3.8, 4) is 6.07 Å². The van der Waals surface area contributed by atoms with Gasteiger partial charge in [0.2, 0.25) is 0 Å². The highest BCUT2D eigenvalue weighted by Gasteiger charge is 2.06. The predicted molar refractivity (Wildman–Crippen MR) is 58.6 cm³/mol. The highest BCUT2D eigenvalue weighted by atomic mass is 16.1. The number of aromatic nitrogens is 1. The van der Waals surface area contributed by atoms with Gasteiger partial charge in [-0.1, -0.05) is 11.6 Å². The molecule has 0 bridgehead atoms. The lowest BCUT2D eigenvalue weighted by Gasteiger charge is -2.04. The van der Waals surface area contributed by atoms with Gasteiger partial charge in [0.15, 0.2) is 0 Å². The van der Waals surface area contributed by atoms with Crippen LogP contribution in [-0.4, -0.2) is 4.57 Å². The molecule has 0 fully saturated rings. The quantitative estimate of drug-likeness (QED) is 0.647. The van der Waals surface area contributed by atoms with Gasteiger partial charge in [-0.05, 0) is 19.1 Å². The SMILES string of the molecule is Cc1ccc2c(=O)n(C)cc(C#N)c2c1. The summed E-state index contributed by atoms with van der Waals surface area (Å²) in [4.78, 5) is 11.8. The fraction of sp³-hybridized carbons (Fsp3) is 0.167. The van der Waals surface area contributed by atoms with Crippen LogP contribution in [0.1, 0.15) is 11.1 Å². The van der Waals surface area contributed by atoms with Crippen LogP contribution < -0.4 is 5.56 Å². The standard InChI is InChI=1S/C12H10N2O/c1-8-3-4-10-11(5-8)9(6-13)7-14(2)12(10)15/h3-5,7H,1-2H3. The molecule has 0 N–H and O–H groups in total. The van der Waals surface area contributed by atoms with Crippen LogP contribution in [0.3, 0.4) is 0 Å². The third kappa shape index (κ3) is 1.40. The maximum Gasteiger partial charge on any atom is 0.258 e. The Hall–Kier alpha value is -2.08. The molecule has 0 aliphatic heterocycles. The molecule has 0 radical (unpaired) electrons. The van der Waals surface area contributed by atoms with E-state index in [1.54, 1.807) is 19.3 Å². The van der Waals surface area contributed by atoms with E-state index in [1.165, 1.54) is 4.57 Å². The number of nitrogens with zero attached hydrogens (tertiary/aromatic N) is 2. The van der Waals surface area contributed by atoms with Gasteiger partial charge in [-0.2, -0.15) is 5.26 Å². The van der Waals surface area contributed by atoms with Gasteiger partial charge >= 0.3 is 0 Å². The molecule has 0 unspecified atom stereocenters. The van der Waals surface area contributed by atoms with Crippen LogP contribution in [0.5, 0.6) is 0 Å². The van der Waals surface area contributed by atoms with Crippen LogP contribution in [0.2, 0.25) is 0 Å². The van der Waals surface area contributed by atoms with E-state index in [0.717, 1.165) is 10.9 Å². The summed E-state index contributed by atoms with van der Waals surface area (Å²) in [6.07, 6.45) is 1.57. The largest absolute Gasteiger partial charge is 0.317 e. The molecule has 0 amide bonds. The molecule has 0 aliphatic carbocycles. The van der Waals surface area contributed by atoms with Gasteiger partial charge in [0.05, 0.1) is 5.56 Å². The monoisotopic (exact) mass is 198 g/mol. The molecule has 3 heteroatoms. The molecule has 0 spiro atoms. The first-order valence-electron chi connectivity index (χ1n) is 4.63. The van der Waals surface area contributed by atoms with E-state index in [2.05, 4.69) is 6.07 Å². The molecule has 2 aromatic rings. The van der Waals surface area contributed by atoms with Crippen LogP contribution in [0, 0.1) is 18.3 Å². The Morgan fingerprint density at radius 3 is 2.73 bits per heavy atom. The average molecular weight is 198 g/mol. The molecule has 3 nitrogen and oxygen atoms in total. The molecule has 0 atom stereocenters. The summed E-state index contributed by atoms with van der Waals surface area (Å²) in [7, 11) is 1.66. The van der Waals surface area contributed by atoms with Gasteiger partial charge in [0, 0.05) is 24.0 Å². The zero-order chi connectivity index (χ0) is 11.0. The summed E-state index contributed by atoms with van der Waals surface area (Å²) in [5, 5.41) is 10.3. The number of pyridine rings is 1. The molecule has 0 aliphatic rings.